The van der Waals surface area contributed by atoms with Crippen LogP contribution in [-0.2, 0) is 11.2 Å². The van der Waals surface area contributed by atoms with Crippen LogP contribution in [0, 0.1) is 6.92 Å². The number of aromatic nitrogens is 1. The molecule has 2 amide bonds. The highest BCUT2D eigenvalue weighted by Gasteiger charge is 2.22. The monoisotopic (exact) mass is 356 g/mol. The number of carbonyl (C=O) groups is 2. The van der Waals surface area contributed by atoms with E-state index in [1.165, 1.54) is 6.42 Å². The first-order valence-corrected chi connectivity index (χ1v) is 8.86. The summed E-state index contributed by atoms with van der Waals surface area (Å²) in [6, 6.07) is 7.30. The second kappa shape index (κ2) is 7.59. The van der Waals surface area contributed by atoms with Crippen molar-refractivity contribution in [1.29, 1.82) is 0 Å². The van der Waals surface area contributed by atoms with Crippen LogP contribution in [0.25, 0.3) is 0 Å². The molecule has 2 aromatic rings. The van der Waals surface area contributed by atoms with Gasteiger partial charge in [0.25, 0.3) is 0 Å². The summed E-state index contributed by atoms with van der Waals surface area (Å²) in [5, 5.41) is 6.70. The molecule has 1 atom stereocenters. The lowest BCUT2D eigenvalue weighted by molar-refractivity contribution is -0.115. The van der Waals surface area contributed by atoms with E-state index in [4.69, 9.17) is 10.3 Å². The quantitative estimate of drug-likeness (QED) is 0.857. The van der Waals surface area contributed by atoms with Crippen molar-refractivity contribution >= 4 is 23.2 Å². The Morgan fingerprint density at radius 1 is 1.35 bits per heavy atom. The summed E-state index contributed by atoms with van der Waals surface area (Å²) in [6.45, 7) is 4.89. The molecule has 1 aromatic carbocycles. The molecule has 2 heterocycles. The van der Waals surface area contributed by atoms with Crippen LogP contribution >= 0.6 is 0 Å². The second-order valence-electron chi connectivity index (χ2n) is 6.79. The Balaban J connectivity index is 1.85. The average Bonchev–Trinajstić information content (AvgIpc) is 3.00. The molecule has 7 heteroatoms. The van der Waals surface area contributed by atoms with E-state index >= 15 is 0 Å². The highest BCUT2D eigenvalue weighted by Crippen LogP contribution is 2.32. The van der Waals surface area contributed by atoms with E-state index < -0.39 is 5.91 Å². The number of amides is 2. The number of benzene rings is 1. The number of hydrogen-bond donors (Lipinski definition) is 2. The van der Waals surface area contributed by atoms with Crippen LogP contribution < -0.4 is 16.0 Å². The molecule has 0 radical (unpaired) electrons. The van der Waals surface area contributed by atoms with Crippen LogP contribution in [0.15, 0.2) is 28.8 Å². The van der Waals surface area contributed by atoms with Crippen molar-refractivity contribution in [3.63, 3.8) is 0 Å². The molecule has 1 aliphatic heterocycles. The van der Waals surface area contributed by atoms with E-state index in [0.29, 0.717) is 23.1 Å². The first kappa shape index (κ1) is 18.0. The van der Waals surface area contributed by atoms with Gasteiger partial charge in [-0.15, -0.1) is 0 Å². The van der Waals surface area contributed by atoms with E-state index in [1.807, 2.05) is 6.07 Å². The maximum absolute atomic E-state index is 12.5. The number of aryl methyl sites for hydroxylation is 1. The number of nitrogens with zero attached hydrogens (tertiary/aromatic N) is 2. The van der Waals surface area contributed by atoms with Gasteiger partial charge in [0.15, 0.2) is 0 Å². The highest BCUT2D eigenvalue weighted by molar-refractivity contribution is 5.99. The normalized spacial score (nSPS) is 17.2. The predicted octanol–water partition coefficient (Wildman–Crippen LogP) is 2.64. The Hall–Kier alpha value is -2.83. The molecule has 0 spiro atoms. The number of hydrogen-bond acceptors (Lipinski definition) is 5. The Kier molecular flexibility index (Phi) is 5.25. The standard InChI is InChI=1S/C19H24N4O3/c1-12-9-15(26-22-12)11-18(24)21-16-10-14(19(20)25)6-7-17(16)23-8-4-3-5-13(23)2/h6-7,9-10,13H,3-5,8,11H2,1-2H3,(H2,20,25)(H,21,24). The maximum Gasteiger partial charge on any atom is 0.248 e. The van der Waals surface area contributed by atoms with Crippen molar-refractivity contribution in [3.05, 3.63) is 41.3 Å². The molecule has 3 rings (SSSR count). The summed E-state index contributed by atoms with van der Waals surface area (Å²) in [5.74, 6) is -0.253. The third kappa shape index (κ3) is 4.04. The second-order valence-corrected chi connectivity index (χ2v) is 6.79. The minimum atomic E-state index is -0.524. The summed E-state index contributed by atoms with van der Waals surface area (Å²) in [4.78, 5) is 26.3. The Labute approximate surface area is 152 Å². The van der Waals surface area contributed by atoms with E-state index in [1.54, 1.807) is 25.1 Å². The van der Waals surface area contributed by atoms with E-state index in [2.05, 4.69) is 22.3 Å². The Morgan fingerprint density at radius 3 is 2.81 bits per heavy atom. The van der Waals surface area contributed by atoms with Gasteiger partial charge in [0.1, 0.15) is 5.76 Å². The average molecular weight is 356 g/mol. The molecular weight excluding hydrogens is 332 g/mol. The molecule has 0 saturated carbocycles. The third-order valence-electron chi connectivity index (χ3n) is 4.68. The smallest absolute Gasteiger partial charge is 0.248 e. The van der Waals surface area contributed by atoms with Crippen LogP contribution in [0.3, 0.4) is 0 Å². The molecule has 3 N–H and O–H groups in total. The van der Waals surface area contributed by atoms with E-state index in [9.17, 15) is 9.59 Å². The third-order valence-corrected chi connectivity index (χ3v) is 4.68. The molecule has 1 aromatic heterocycles. The van der Waals surface area contributed by atoms with Gasteiger partial charge in [-0.1, -0.05) is 5.16 Å². The summed E-state index contributed by atoms with van der Waals surface area (Å²) < 4.78 is 5.10. The van der Waals surface area contributed by atoms with Crippen molar-refractivity contribution in [2.75, 3.05) is 16.8 Å². The van der Waals surface area contributed by atoms with Gasteiger partial charge in [0.05, 0.1) is 23.5 Å². The topological polar surface area (TPSA) is 101 Å². The molecule has 138 valence electrons. The Morgan fingerprint density at radius 2 is 2.15 bits per heavy atom. The number of rotatable bonds is 5. The minimum absolute atomic E-state index is 0.0800. The molecule has 1 aliphatic rings. The zero-order valence-electron chi connectivity index (χ0n) is 15.1. The lowest BCUT2D eigenvalue weighted by atomic mass is 10.0. The van der Waals surface area contributed by atoms with Crippen molar-refractivity contribution in [2.45, 2.75) is 45.6 Å². The highest BCUT2D eigenvalue weighted by atomic mass is 16.5. The van der Waals surface area contributed by atoms with Crippen LogP contribution in [-0.4, -0.2) is 29.6 Å². The van der Waals surface area contributed by atoms with Gasteiger partial charge in [0, 0.05) is 24.2 Å². The largest absolute Gasteiger partial charge is 0.367 e. The summed E-state index contributed by atoms with van der Waals surface area (Å²) >= 11 is 0. The molecular formula is C19H24N4O3. The first-order chi connectivity index (χ1) is 12.4. The molecule has 0 aliphatic carbocycles. The van der Waals surface area contributed by atoms with Crippen molar-refractivity contribution in [3.8, 4) is 0 Å². The molecule has 1 unspecified atom stereocenters. The van der Waals surface area contributed by atoms with E-state index in [-0.39, 0.29) is 12.3 Å². The molecule has 1 saturated heterocycles. The van der Waals surface area contributed by atoms with Crippen LogP contribution in [0.1, 0.15) is 48.0 Å². The van der Waals surface area contributed by atoms with Crippen molar-refractivity contribution < 1.29 is 14.1 Å². The van der Waals surface area contributed by atoms with Gasteiger partial charge in [-0.3, -0.25) is 9.59 Å². The lowest BCUT2D eigenvalue weighted by Gasteiger charge is -2.36. The van der Waals surface area contributed by atoms with E-state index in [0.717, 1.165) is 30.8 Å². The number of nitrogens with two attached hydrogens (primary N) is 1. The van der Waals surface area contributed by atoms with Crippen LogP contribution in [0.5, 0.6) is 0 Å². The fourth-order valence-corrected chi connectivity index (χ4v) is 3.35. The number of nitrogens with one attached hydrogen (secondary N) is 1. The molecule has 7 nitrogen and oxygen atoms in total. The van der Waals surface area contributed by atoms with Crippen LogP contribution in [0.2, 0.25) is 0 Å². The summed E-state index contributed by atoms with van der Waals surface area (Å²) in [5.41, 5.74) is 8.00. The van der Waals surface area contributed by atoms with Crippen molar-refractivity contribution in [2.24, 2.45) is 5.73 Å². The number of primary amides is 1. The number of carbonyl (C=O) groups excluding carboxylic acids is 2. The zero-order chi connectivity index (χ0) is 18.7. The summed E-state index contributed by atoms with van der Waals surface area (Å²) in [6.07, 6.45) is 3.48. The SMILES string of the molecule is Cc1cc(CC(=O)Nc2cc(C(N)=O)ccc2N2CCCCC2C)on1. The Bertz CT molecular complexity index is 815. The lowest BCUT2D eigenvalue weighted by Crippen LogP contribution is -2.38. The van der Waals surface area contributed by atoms with Gasteiger partial charge in [-0.25, -0.2) is 0 Å². The van der Waals surface area contributed by atoms with Crippen molar-refractivity contribution in [1.82, 2.24) is 5.16 Å². The molecule has 26 heavy (non-hydrogen) atoms. The minimum Gasteiger partial charge on any atom is -0.367 e. The number of piperidine rings is 1. The van der Waals surface area contributed by atoms with Gasteiger partial charge in [-0.05, 0) is 51.3 Å². The first-order valence-electron chi connectivity index (χ1n) is 8.86. The fourth-order valence-electron chi connectivity index (χ4n) is 3.35. The molecule has 0 bridgehead atoms. The maximum atomic E-state index is 12.5. The molecule has 1 fully saturated rings. The zero-order valence-corrected chi connectivity index (χ0v) is 15.1. The summed E-state index contributed by atoms with van der Waals surface area (Å²) in [7, 11) is 0. The number of anilines is 2. The van der Waals surface area contributed by atoms with Gasteiger partial charge < -0.3 is 20.5 Å². The van der Waals surface area contributed by atoms with Gasteiger partial charge in [-0.2, -0.15) is 0 Å². The van der Waals surface area contributed by atoms with Crippen LogP contribution in [0.4, 0.5) is 11.4 Å². The fraction of sp³-hybridized carbons (Fsp3) is 0.421. The predicted molar refractivity (Wildman–Crippen MR) is 99.2 cm³/mol. The van der Waals surface area contributed by atoms with Gasteiger partial charge in [0.2, 0.25) is 11.8 Å². The van der Waals surface area contributed by atoms with Gasteiger partial charge >= 0.3 is 0 Å².